The summed E-state index contributed by atoms with van der Waals surface area (Å²) in [5, 5.41) is 5.58. The number of aryl methyl sites for hydroxylation is 3. The normalized spacial score (nSPS) is 15.1. The Balaban J connectivity index is 1.57. The van der Waals surface area contributed by atoms with Crippen LogP contribution in [0.3, 0.4) is 0 Å². The Morgan fingerprint density at radius 2 is 2.04 bits per heavy atom. The fourth-order valence-electron chi connectivity index (χ4n) is 3.31. The van der Waals surface area contributed by atoms with Gasteiger partial charge in [0.05, 0.1) is 5.69 Å². The number of nitrogens with zero attached hydrogens (tertiary/aromatic N) is 6. The lowest BCUT2D eigenvalue weighted by atomic mass is 10.1. The SMILES string of the molecule is Cc1ncc2c(n1)CCN(Cc1cnc3c(c1)c(C)nn3C)C2. The first-order valence-electron chi connectivity index (χ1n) is 7.92. The average molecular weight is 308 g/mol. The highest BCUT2D eigenvalue weighted by Gasteiger charge is 2.18. The van der Waals surface area contributed by atoms with E-state index in [9.17, 15) is 0 Å². The van der Waals surface area contributed by atoms with Crippen LogP contribution in [-0.4, -0.2) is 36.2 Å². The lowest BCUT2D eigenvalue weighted by Crippen LogP contribution is -2.31. The standard InChI is InChI=1S/C17H20N6/c1-11-15-6-13(7-19-17(15)22(3)21-11)9-23-5-4-16-14(10-23)8-18-12(2)20-16/h6-8H,4-5,9-10H2,1-3H3. The minimum absolute atomic E-state index is 0.860. The zero-order valence-corrected chi connectivity index (χ0v) is 13.7. The molecule has 0 unspecified atom stereocenters. The van der Waals surface area contributed by atoms with Crippen LogP contribution in [-0.2, 0) is 26.6 Å². The number of hydrogen-bond acceptors (Lipinski definition) is 5. The highest BCUT2D eigenvalue weighted by molar-refractivity contribution is 5.78. The largest absolute Gasteiger partial charge is 0.294 e. The lowest BCUT2D eigenvalue weighted by Gasteiger charge is -2.27. The van der Waals surface area contributed by atoms with Crippen LogP contribution >= 0.6 is 0 Å². The molecule has 3 aromatic rings. The predicted octanol–water partition coefficient (Wildman–Crippen LogP) is 1.93. The molecule has 0 saturated heterocycles. The second kappa shape index (κ2) is 5.38. The molecule has 4 heterocycles. The number of aromatic nitrogens is 5. The number of hydrogen-bond donors (Lipinski definition) is 0. The van der Waals surface area contributed by atoms with Crippen LogP contribution in [0.4, 0.5) is 0 Å². The molecule has 0 aliphatic carbocycles. The number of fused-ring (bicyclic) bond motifs is 2. The van der Waals surface area contributed by atoms with Crippen molar-refractivity contribution < 1.29 is 0 Å². The second-order valence-corrected chi connectivity index (χ2v) is 6.27. The quantitative estimate of drug-likeness (QED) is 0.724. The molecular weight excluding hydrogens is 288 g/mol. The summed E-state index contributed by atoms with van der Waals surface area (Å²) in [4.78, 5) is 15.9. The summed E-state index contributed by atoms with van der Waals surface area (Å²) < 4.78 is 1.84. The smallest absolute Gasteiger partial charge is 0.157 e. The minimum Gasteiger partial charge on any atom is -0.294 e. The molecule has 0 saturated carbocycles. The van der Waals surface area contributed by atoms with E-state index in [4.69, 9.17) is 0 Å². The third kappa shape index (κ3) is 2.59. The van der Waals surface area contributed by atoms with Gasteiger partial charge in [0.15, 0.2) is 5.65 Å². The van der Waals surface area contributed by atoms with E-state index in [1.807, 2.05) is 38.0 Å². The van der Waals surface area contributed by atoms with E-state index < -0.39 is 0 Å². The summed E-state index contributed by atoms with van der Waals surface area (Å²) in [7, 11) is 1.94. The van der Waals surface area contributed by atoms with Crippen molar-refractivity contribution in [3.8, 4) is 0 Å². The summed E-state index contributed by atoms with van der Waals surface area (Å²) >= 11 is 0. The molecular formula is C17H20N6. The van der Waals surface area contributed by atoms with E-state index >= 15 is 0 Å². The molecule has 1 aliphatic rings. The maximum absolute atomic E-state index is 4.57. The first-order valence-corrected chi connectivity index (χ1v) is 7.92. The molecule has 23 heavy (non-hydrogen) atoms. The van der Waals surface area contributed by atoms with Gasteiger partial charge in [-0.25, -0.2) is 15.0 Å². The van der Waals surface area contributed by atoms with E-state index in [0.717, 1.165) is 48.6 Å². The van der Waals surface area contributed by atoms with Crippen molar-refractivity contribution in [1.82, 2.24) is 29.6 Å². The third-order valence-corrected chi connectivity index (χ3v) is 4.46. The van der Waals surface area contributed by atoms with Gasteiger partial charge in [0.1, 0.15) is 5.82 Å². The fraction of sp³-hybridized carbons (Fsp3) is 0.412. The van der Waals surface area contributed by atoms with Crippen molar-refractivity contribution >= 4 is 11.0 Å². The van der Waals surface area contributed by atoms with Gasteiger partial charge in [-0.15, -0.1) is 0 Å². The third-order valence-electron chi connectivity index (χ3n) is 4.46. The molecule has 118 valence electrons. The summed E-state index contributed by atoms with van der Waals surface area (Å²) in [6, 6.07) is 2.21. The van der Waals surface area contributed by atoms with Gasteiger partial charge in [0.25, 0.3) is 0 Å². The van der Waals surface area contributed by atoms with Crippen LogP contribution in [0.25, 0.3) is 11.0 Å². The molecule has 0 amide bonds. The topological polar surface area (TPSA) is 59.7 Å². The van der Waals surface area contributed by atoms with Crippen LogP contribution in [0.2, 0.25) is 0 Å². The number of pyridine rings is 1. The van der Waals surface area contributed by atoms with Crippen LogP contribution in [0.5, 0.6) is 0 Å². The van der Waals surface area contributed by atoms with Gasteiger partial charge in [-0.05, 0) is 25.5 Å². The monoisotopic (exact) mass is 308 g/mol. The minimum atomic E-state index is 0.860. The summed E-state index contributed by atoms with van der Waals surface area (Å²) in [6.07, 6.45) is 4.92. The maximum Gasteiger partial charge on any atom is 0.157 e. The molecule has 0 bridgehead atoms. The lowest BCUT2D eigenvalue weighted by molar-refractivity contribution is 0.242. The Bertz CT molecular complexity index is 882. The molecule has 0 N–H and O–H groups in total. The molecule has 4 rings (SSSR count). The van der Waals surface area contributed by atoms with E-state index in [-0.39, 0.29) is 0 Å². The van der Waals surface area contributed by atoms with Crippen LogP contribution in [0.15, 0.2) is 18.5 Å². The van der Waals surface area contributed by atoms with Crippen molar-refractivity contribution in [2.75, 3.05) is 6.54 Å². The van der Waals surface area contributed by atoms with Gasteiger partial charge in [0.2, 0.25) is 0 Å². The number of rotatable bonds is 2. The van der Waals surface area contributed by atoms with Crippen molar-refractivity contribution in [2.24, 2.45) is 7.05 Å². The molecule has 0 fully saturated rings. The van der Waals surface area contributed by atoms with Gasteiger partial charge in [-0.2, -0.15) is 5.10 Å². The van der Waals surface area contributed by atoms with Gasteiger partial charge in [-0.3, -0.25) is 9.58 Å². The molecule has 3 aromatic heterocycles. The van der Waals surface area contributed by atoms with Gasteiger partial charge < -0.3 is 0 Å². The van der Waals surface area contributed by atoms with Crippen molar-refractivity contribution in [3.05, 3.63) is 46.8 Å². The molecule has 0 radical (unpaired) electrons. The molecule has 6 nitrogen and oxygen atoms in total. The Kier molecular flexibility index (Phi) is 3.34. The zero-order valence-electron chi connectivity index (χ0n) is 13.7. The summed E-state index contributed by atoms with van der Waals surface area (Å²) in [5.41, 5.74) is 5.65. The van der Waals surface area contributed by atoms with Crippen LogP contribution < -0.4 is 0 Å². The van der Waals surface area contributed by atoms with Gasteiger partial charge in [-0.1, -0.05) is 0 Å². The molecule has 0 aromatic carbocycles. The summed E-state index contributed by atoms with van der Waals surface area (Å²) in [5.74, 6) is 0.860. The second-order valence-electron chi connectivity index (χ2n) is 6.27. The van der Waals surface area contributed by atoms with E-state index in [1.54, 1.807) is 0 Å². The Hall–Kier alpha value is -2.34. The average Bonchev–Trinajstić information content (AvgIpc) is 2.82. The maximum atomic E-state index is 4.57. The molecule has 0 spiro atoms. The van der Waals surface area contributed by atoms with Crippen LogP contribution in [0, 0.1) is 13.8 Å². The van der Waals surface area contributed by atoms with Crippen molar-refractivity contribution in [2.45, 2.75) is 33.4 Å². The van der Waals surface area contributed by atoms with E-state index in [1.165, 1.54) is 16.8 Å². The predicted molar refractivity (Wildman–Crippen MR) is 87.8 cm³/mol. The Labute approximate surface area is 135 Å². The first-order chi connectivity index (χ1) is 11.1. The van der Waals surface area contributed by atoms with Gasteiger partial charge >= 0.3 is 0 Å². The molecule has 0 atom stereocenters. The van der Waals surface area contributed by atoms with E-state index in [2.05, 4.69) is 31.0 Å². The summed E-state index contributed by atoms with van der Waals surface area (Å²) in [6.45, 7) is 6.80. The van der Waals surface area contributed by atoms with Gasteiger partial charge in [0, 0.05) is 62.1 Å². The Morgan fingerprint density at radius 1 is 1.17 bits per heavy atom. The fourth-order valence-corrected chi connectivity index (χ4v) is 3.31. The molecule has 6 heteroatoms. The Morgan fingerprint density at radius 3 is 2.91 bits per heavy atom. The first kappa shape index (κ1) is 14.3. The highest BCUT2D eigenvalue weighted by atomic mass is 15.3. The highest BCUT2D eigenvalue weighted by Crippen LogP contribution is 2.21. The van der Waals surface area contributed by atoms with Crippen molar-refractivity contribution in [3.63, 3.8) is 0 Å². The zero-order chi connectivity index (χ0) is 16.0. The van der Waals surface area contributed by atoms with Crippen LogP contribution in [0.1, 0.15) is 28.3 Å². The molecule has 1 aliphatic heterocycles. The van der Waals surface area contributed by atoms with E-state index in [0.29, 0.717) is 0 Å². The van der Waals surface area contributed by atoms with Crippen molar-refractivity contribution in [1.29, 1.82) is 0 Å².